The maximum absolute atomic E-state index is 12.2. The van der Waals surface area contributed by atoms with Crippen LogP contribution in [0.4, 0.5) is 4.79 Å². The summed E-state index contributed by atoms with van der Waals surface area (Å²) < 4.78 is 5.48. The Morgan fingerprint density at radius 2 is 1.53 bits per heavy atom. The number of benzene rings is 2. The van der Waals surface area contributed by atoms with Crippen LogP contribution in [-0.2, 0) is 19.1 Å². The first-order valence-corrected chi connectivity index (χ1v) is 11.2. The predicted octanol–water partition coefficient (Wildman–Crippen LogP) is 2.26. The van der Waals surface area contributed by atoms with E-state index in [0.29, 0.717) is 19.4 Å². The number of carboxylic acid groups (broad SMARTS) is 1. The minimum absolute atomic E-state index is 0.00503. The van der Waals surface area contributed by atoms with E-state index in [1.54, 1.807) is 6.92 Å². The van der Waals surface area contributed by atoms with Gasteiger partial charge >= 0.3 is 12.1 Å². The van der Waals surface area contributed by atoms with E-state index in [-0.39, 0.29) is 30.9 Å². The van der Waals surface area contributed by atoms with E-state index >= 15 is 0 Å². The molecule has 34 heavy (non-hydrogen) atoms. The standard InChI is InChI=1S/C25H29N3O6/c1-16(24(32)28-13-22(29)27-14-23(30)31)7-6-12-26-25(33)34-15-21-19-10-4-2-8-17(19)18-9-3-5-11-20(18)21/h2-5,8-11,16,21H,6-7,12-15H2,1H3,(H,26,33)(H,27,29)(H,28,32)(H,30,31). The van der Waals surface area contributed by atoms with Crippen molar-refractivity contribution in [2.45, 2.75) is 25.7 Å². The van der Waals surface area contributed by atoms with Gasteiger partial charge in [0.25, 0.3) is 0 Å². The Hall–Kier alpha value is -3.88. The molecule has 0 radical (unpaired) electrons. The van der Waals surface area contributed by atoms with Crippen molar-refractivity contribution in [3.63, 3.8) is 0 Å². The third kappa shape index (κ3) is 6.57. The molecular formula is C25H29N3O6. The molecule has 0 heterocycles. The van der Waals surface area contributed by atoms with E-state index in [9.17, 15) is 19.2 Å². The molecule has 2 aromatic carbocycles. The van der Waals surface area contributed by atoms with Gasteiger partial charge in [-0.3, -0.25) is 14.4 Å². The number of carboxylic acids is 1. The minimum atomic E-state index is -1.16. The van der Waals surface area contributed by atoms with E-state index in [2.05, 4.69) is 40.2 Å². The molecule has 1 aliphatic rings. The van der Waals surface area contributed by atoms with Gasteiger partial charge in [0.15, 0.2) is 0 Å². The van der Waals surface area contributed by atoms with Gasteiger partial charge in [-0.25, -0.2) is 4.79 Å². The number of carbonyl (C=O) groups excluding carboxylic acids is 3. The van der Waals surface area contributed by atoms with Crippen molar-refractivity contribution in [1.82, 2.24) is 16.0 Å². The fraction of sp³-hybridized carbons (Fsp3) is 0.360. The highest BCUT2D eigenvalue weighted by Gasteiger charge is 2.28. The summed E-state index contributed by atoms with van der Waals surface area (Å²) in [5.74, 6) is -2.41. The first kappa shape index (κ1) is 24.8. The van der Waals surface area contributed by atoms with Crippen LogP contribution in [0.25, 0.3) is 11.1 Å². The number of rotatable bonds is 11. The highest BCUT2D eigenvalue weighted by Crippen LogP contribution is 2.44. The van der Waals surface area contributed by atoms with Gasteiger partial charge < -0.3 is 25.8 Å². The van der Waals surface area contributed by atoms with Gasteiger partial charge in [0.05, 0.1) is 6.54 Å². The lowest BCUT2D eigenvalue weighted by Crippen LogP contribution is -2.40. The molecule has 9 heteroatoms. The third-order valence-corrected chi connectivity index (χ3v) is 5.73. The van der Waals surface area contributed by atoms with Crippen molar-refractivity contribution >= 4 is 23.9 Å². The Morgan fingerprint density at radius 3 is 2.15 bits per heavy atom. The number of carbonyl (C=O) groups is 4. The molecule has 1 atom stereocenters. The van der Waals surface area contributed by atoms with Crippen molar-refractivity contribution in [1.29, 1.82) is 0 Å². The smallest absolute Gasteiger partial charge is 0.407 e. The summed E-state index contributed by atoms with van der Waals surface area (Å²) in [6, 6.07) is 16.2. The van der Waals surface area contributed by atoms with Crippen LogP contribution < -0.4 is 16.0 Å². The fourth-order valence-electron chi connectivity index (χ4n) is 3.96. The van der Waals surface area contributed by atoms with Gasteiger partial charge in [0.1, 0.15) is 13.2 Å². The second kappa shape index (κ2) is 11.8. The topological polar surface area (TPSA) is 134 Å². The Kier molecular flexibility index (Phi) is 8.61. The van der Waals surface area contributed by atoms with Crippen molar-refractivity contribution in [3.05, 3.63) is 59.7 Å². The maximum Gasteiger partial charge on any atom is 0.407 e. The van der Waals surface area contributed by atoms with Crippen LogP contribution in [0.2, 0.25) is 0 Å². The summed E-state index contributed by atoms with van der Waals surface area (Å²) in [5.41, 5.74) is 4.62. The molecule has 0 saturated carbocycles. The first-order valence-electron chi connectivity index (χ1n) is 11.2. The number of hydrogen-bond donors (Lipinski definition) is 4. The third-order valence-electron chi connectivity index (χ3n) is 5.73. The lowest BCUT2D eigenvalue weighted by atomic mass is 9.98. The molecule has 0 aliphatic heterocycles. The zero-order chi connectivity index (χ0) is 24.5. The number of nitrogens with one attached hydrogen (secondary N) is 3. The average Bonchev–Trinajstić information content (AvgIpc) is 3.16. The summed E-state index contributed by atoms with van der Waals surface area (Å²) in [6.07, 6.45) is 0.560. The Balaban J connectivity index is 1.35. The summed E-state index contributed by atoms with van der Waals surface area (Å²) >= 11 is 0. The fourth-order valence-corrected chi connectivity index (χ4v) is 3.96. The van der Waals surface area contributed by atoms with Gasteiger partial charge in [-0.2, -0.15) is 0 Å². The second-order valence-electron chi connectivity index (χ2n) is 8.18. The largest absolute Gasteiger partial charge is 0.480 e. The molecule has 180 valence electrons. The number of hydrogen-bond acceptors (Lipinski definition) is 5. The monoisotopic (exact) mass is 467 g/mol. The molecule has 0 bridgehead atoms. The van der Waals surface area contributed by atoms with Gasteiger partial charge in [-0.1, -0.05) is 55.5 Å². The van der Waals surface area contributed by atoms with Crippen LogP contribution in [0, 0.1) is 5.92 Å². The number of amides is 3. The van der Waals surface area contributed by atoms with Gasteiger partial charge in [0.2, 0.25) is 11.8 Å². The molecule has 3 rings (SSSR count). The SMILES string of the molecule is CC(CCCNC(=O)OCC1c2ccccc2-c2ccccc21)C(=O)NCC(=O)NCC(=O)O. The lowest BCUT2D eigenvalue weighted by Gasteiger charge is -2.15. The second-order valence-corrected chi connectivity index (χ2v) is 8.18. The highest BCUT2D eigenvalue weighted by molar-refractivity contribution is 5.87. The molecule has 9 nitrogen and oxygen atoms in total. The van der Waals surface area contributed by atoms with Gasteiger partial charge in [-0.15, -0.1) is 0 Å². The van der Waals surface area contributed by atoms with Crippen LogP contribution in [0.5, 0.6) is 0 Å². The molecule has 0 spiro atoms. The first-order chi connectivity index (χ1) is 16.4. The zero-order valence-corrected chi connectivity index (χ0v) is 19.0. The molecule has 0 saturated heterocycles. The van der Waals surface area contributed by atoms with E-state index in [1.807, 2.05) is 24.3 Å². The number of alkyl carbamates (subject to hydrolysis) is 1. The Labute approximate surface area is 197 Å². The number of ether oxygens (including phenoxy) is 1. The van der Waals surface area contributed by atoms with E-state index in [0.717, 1.165) is 11.1 Å². The quantitative estimate of drug-likeness (QED) is 0.375. The molecule has 0 fully saturated rings. The van der Waals surface area contributed by atoms with E-state index in [4.69, 9.17) is 9.84 Å². The molecular weight excluding hydrogens is 438 g/mol. The molecule has 1 aliphatic carbocycles. The lowest BCUT2D eigenvalue weighted by molar-refractivity contribution is -0.137. The average molecular weight is 468 g/mol. The van der Waals surface area contributed by atoms with E-state index < -0.39 is 24.5 Å². The summed E-state index contributed by atoms with van der Waals surface area (Å²) in [7, 11) is 0. The van der Waals surface area contributed by atoms with Gasteiger partial charge in [0, 0.05) is 18.4 Å². The van der Waals surface area contributed by atoms with Crippen molar-refractivity contribution in [2.24, 2.45) is 5.92 Å². The molecule has 4 N–H and O–H groups in total. The number of fused-ring (bicyclic) bond motifs is 3. The normalized spacial score (nSPS) is 12.7. The number of aliphatic carboxylic acids is 1. The highest BCUT2D eigenvalue weighted by atomic mass is 16.5. The summed E-state index contributed by atoms with van der Waals surface area (Å²) in [6.45, 7) is 1.54. The predicted molar refractivity (Wildman–Crippen MR) is 125 cm³/mol. The van der Waals surface area contributed by atoms with Crippen LogP contribution >= 0.6 is 0 Å². The maximum atomic E-state index is 12.2. The summed E-state index contributed by atoms with van der Waals surface area (Å²) in [5, 5.41) is 15.9. The Bertz CT molecular complexity index is 1010. The van der Waals surface area contributed by atoms with Crippen molar-refractivity contribution in [2.75, 3.05) is 26.2 Å². The van der Waals surface area contributed by atoms with Crippen molar-refractivity contribution < 1.29 is 29.0 Å². The van der Waals surface area contributed by atoms with Gasteiger partial charge in [-0.05, 0) is 35.1 Å². The molecule has 0 aromatic heterocycles. The zero-order valence-electron chi connectivity index (χ0n) is 19.0. The minimum Gasteiger partial charge on any atom is -0.480 e. The van der Waals surface area contributed by atoms with Crippen LogP contribution in [-0.4, -0.2) is 55.2 Å². The Morgan fingerprint density at radius 1 is 0.912 bits per heavy atom. The summed E-state index contributed by atoms with van der Waals surface area (Å²) in [4.78, 5) is 46.1. The van der Waals surface area contributed by atoms with Crippen molar-refractivity contribution in [3.8, 4) is 11.1 Å². The van der Waals surface area contributed by atoms with E-state index in [1.165, 1.54) is 11.1 Å². The molecule has 1 unspecified atom stereocenters. The van der Waals surface area contributed by atoms with Crippen LogP contribution in [0.1, 0.15) is 36.8 Å². The van der Waals surface area contributed by atoms with Crippen LogP contribution in [0.15, 0.2) is 48.5 Å². The van der Waals surface area contributed by atoms with Crippen LogP contribution in [0.3, 0.4) is 0 Å². The molecule has 2 aromatic rings. The molecule has 3 amide bonds.